The minimum atomic E-state index is -1.25. The van der Waals surface area contributed by atoms with Gasteiger partial charge in [-0.1, -0.05) is 6.07 Å². The maximum Gasteiger partial charge on any atom is 0.339 e. The molecule has 18 heavy (non-hydrogen) atoms. The van der Waals surface area contributed by atoms with Gasteiger partial charge in [-0.15, -0.1) is 0 Å². The molecule has 0 fully saturated rings. The third kappa shape index (κ3) is 2.18. The second-order valence-corrected chi connectivity index (χ2v) is 3.51. The fraction of sp³-hybridized carbons (Fsp3) is 0.167. The number of hydrogen-bond acceptors (Lipinski definition) is 5. The highest BCUT2D eigenvalue weighted by Gasteiger charge is 2.23. The molecular weight excluding hydrogens is 238 g/mol. The Morgan fingerprint density at radius 2 is 2.22 bits per heavy atom. The molecule has 94 valence electrons. The summed E-state index contributed by atoms with van der Waals surface area (Å²) in [7, 11) is 1.45. The molecule has 0 aliphatic carbocycles. The van der Waals surface area contributed by atoms with Crippen molar-refractivity contribution in [3.63, 3.8) is 0 Å². The van der Waals surface area contributed by atoms with E-state index in [9.17, 15) is 9.90 Å². The Kier molecular flexibility index (Phi) is 3.29. The molecule has 2 aromatic heterocycles. The van der Waals surface area contributed by atoms with Gasteiger partial charge < -0.3 is 19.4 Å². The quantitative estimate of drug-likeness (QED) is 0.852. The number of methoxy groups -OCH3 is 1. The number of aliphatic hydroxyl groups excluding tert-OH is 1. The van der Waals surface area contributed by atoms with Gasteiger partial charge in [0, 0.05) is 6.07 Å². The van der Waals surface area contributed by atoms with Gasteiger partial charge in [0.2, 0.25) is 5.88 Å². The third-order valence-corrected chi connectivity index (χ3v) is 2.41. The summed E-state index contributed by atoms with van der Waals surface area (Å²) < 4.78 is 9.93. The average Bonchev–Trinajstić information content (AvgIpc) is 2.87. The maximum atomic E-state index is 10.9. The van der Waals surface area contributed by atoms with Gasteiger partial charge >= 0.3 is 5.97 Å². The number of nitrogens with zero attached hydrogens (tertiary/aromatic N) is 1. The zero-order valence-corrected chi connectivity index (χ0v) is 9.53. The molecule has 2 N–H and O–H groups in total. The number of furan rings is 1. The predicted molar refractivity (Wildman–Crippen MR) is 60.5 cm³/mol. The van der Waals surface area contributed by atoms with Crippen LogP contribution in [0.1, 0.15) is 27.9 Å². The van der Waals surface area contributed by atoms with Gasteiger partial charge in [-0.3, -0.25) is 0 Å². The fourth-order valence-electron chi connectivity index (χ4n) is 1.54. The number of aromatic carboxylic acids is 1. The van der Waals surface area contributed by atoms with E-state index in [-0.39, 0.29) is 17.0 Å². The summed E-state index contributed by atoms with van der Waals surface area (Å²) in [5.74, 6) is -0.890. The summed E-state index contributed by atoms with van der Waals surface area (Å²) in [6, 6.07) is 6.10. The smallest absolute Gasteiger partial charge is 0.339 e. The van der Waals surface area contributed by atoms with Crippen LogP contribution in [0.4, 0.5) is 0 Å². The first-order valence-corrected chi connectivity index (χ1v) is 5.13. The third-order valence-electron chi connectivity index (χ3n) is 2.41. The minimum Gasteiger partial charge on any atom is -0.481 e. The molecule has 2 aromatic rings. The lowest BCUT2D eigenvalue weighted by Gasteiger charge is -2.09. The van der Waals surface area contributed by atoms with E-state index >= 15 is 0 Å². The summed E-state index contributed by atoms with van der Waals surface area (Å²) in [6.07, 6.45) is -0.0384. The largest absolute Gasteiger partial charge is 0.481 e. The van der Waals surface area contributed by atoms with Crippen molar-refractivity contribution in [1.29, 1.82) is 0 Å². The Labute approximate surface area is 102 Å². The lowest BCUT2D eigenvalue weighted by atomic mass is 10.1. The highest BCUT2D eigenvalue weighted by atomic mass is 16.5. The molecule has 2 heterocycles. The van der Waals surface area contributed by atoms with Crippen molar-refractivity contribution < 1.29 is 24.2 Å². The molecule has 1 unspecified atom stereocenters. The van der Waals surface area contributed by atoms with Crippen LogP contribution in [-0.2, 0) is 0 Å². The number of aromatic nitrogens is 1. The minimum absolute atomic E-state index is 0.0525. The number of rotatable bonds is 4. The molecule has 0 saturated heterocycles. The van der Waals surface area contributed by atoms with Crippen LogP contribution in [0.3, 0.4) is 0 Å². The number of carboxylic acid groups (broad SMARTS) is 1. The van der Waals surface area contributed by atoms with Gasteiger partial charge in [-0.05, 0) is 12.1 Å². The van der Waals surface area contributed by atoms with Crippen molar-refractivity contribution in [1.82, 2.24) is 4.98 Å². The normalized spacial score (nSPS) is 12.1. The van der Waals surface area contributed by atoms with E-state index in [0.717, 1.165) is 0 Å². The van der Waals surface area contributed by atoms with E-state index < -0.39 is 12.1 Å². The molecule has 0 bridgehead atoms. The van der Waals surface area contributed by atoms with Crippen molar-refractivity contribution in [3.05, 3.63) is 47.5 Å². The summed E-state index contributed by atoms with van der Waals surface area (Å²) in [5, 5.41) is 19.0. The molecule has 1 atom stereocenters. The monoisotopic (exact) mass is 249 g/mol. The molecule has 2 rings (SSSR count). The lowest BCUT2D eigenvalue weighted by molar-refractivity contribution is 0.0687. The van der Waals surface area contributed by atoms with Crippen LogP contribution in [0.15, 0.2) is 34.9 Å². The summed E-state index contributed by atoms with van der Waals surface area (Å²) in [5.41, 5.74) is 0.166. The van der Waals surface area contributed by atoms with Gasteiger partial charge in [0.1, 0.15) is 5.56 Å². The Morgan fingerprint density at radius 1 is 1.44 bits per heavy atom. The van der Waals surface area contributed by atoms with Crippen molar-refractivity contribution in [2.24, 2.45) is 0 Å². The molecular formula is C12H11NO5. The van der Waals surface area contributed by atoms with Crippen molar-refractivity contribution >= 4 is 5.97 Å². The maximum absolute atomic E-state index is 10.9. The second kappa shape index (κ2) is 4.89. The standard InChI is InChI=1S/C12H11NO5/c1-17-9-4-2-3-8(13-9)10(14)11-7(12(15)16)5-6-18-11/h2-6,10,14H,1H3,(H,15,16). The van der Waals surface area contributed by atoms with E-state index in [1.165, 1.54) is 19.4 Å². The molecule has 0 saturated carbocycles. The van der Waals surface area contributed by atoms with E-state index in [2.05, 4.69) is 4.98 Å². The van der Waals surface area contributed by atoms with Crippen molar-refractivity contribution in [3.8, 4) is 5.88 Å². The fourth-order valence-corrected chi connectivity index (χ4v) is 1.54. The zero-order chi connectivity index (χ0) is 13.1. The van der Waals surface area contributed by atoms with Gasteiger partial charge in [0.25, 0.3) is 0 Å². The van der Waals surface area contributed by atoms with E-state index in [4.69, 9.17) is 14.3 Å². The first kappa shape index (κ1) is 12.1. The number of carbonyl (C=O) groups is 1. The average molecular weight is 249 g/mol. The highest BCUT2D eigenvalue weighted by Crippen LogP contribution is 2.25. The summed E-state index contributed by atoms with van der Waals surface area (Å²) in [4.78, 5) is 14.9. The van der Waals surface area contributed by atoms with E-state index in [0.29, 0.717) is 5.88 Å². The molecule has 6 nitrogen and oxygen atoms in total. The number of pyridine rings is 1. The summed E-state index contributed by atoms with van der Waals surface area (Å²) in [6.45, 7) is 0. The SMILES string of the molecule is COc1cccc(C(O)c2occc2C(=O)O)n1. The Hall–Kier alpha value is -2.34. The van der Waals surface area contributed by atoms with Crippen molar-refractivity contribution in [2.75, 3.05) is 7.11 Å². The van der Waals surface area contributed by atoms with Crippen LogP contribution >= 0.6 is 0 Å². The highest BCUT2D eigenvalue weighted by molar-refractivity contribution is 5.88. The van der Waals surface area contributed by atoms with Gasteiger partial charge in [0.05, 0.1) is 19.1 Å². The Bertz CT molecular complexity index is 563. The molecule has 0 aliphatic rings. The lowest BCUT2D eigenvalue weighted by Crippen LogP contribution is -2.07. The van der Waals surface area contributed by atoms with Crippen molar-refractivity contribution in [2.45, 2.75) is 6.10 Å². The number of hydrogen-bond donors (Lipinski definition) is 2. The number of carboxylic acids is 1. The first-order chi connectivity index (χ1) is 8.63. The second-order valence-electron chi connectivity index (χ2n) is 3.51. The molecule has 0 aromatic carbocycles. The summed E-state index contributed by atoms with van der Waals surface area (Å²) >= 11 is 0. The van der Waals surface area contributed by atoms with Crippen LogP contribution in [0, 0.1) is 0 Å². The van der Waals surface area contributed by atoms with Gasteiger partial charge in [-0.2, -0.15) is 0 Å². The van der Waals surface area contributed by atoms with E-state index in [1.807, 2.05) is 0 Å². The van der Waals surface area contributed by atoms with Crippen LogP contribution < -0.4 is 4.74 Å². The molecule has 6 heteroatoms. The first-order valence-electron chi connectivity index (χ1n) is 5.13. The predicted octanol–water partition coefficient (Wildman–Crippen LogP) is 1.46. The number of ether oxygens (including phenoxy) is 1. The Morgan fingerprint density at radius 3 is 2.89 bits per heavy atom. The molecule has 0 spiro atoms. The van der Waals surface area contributed by atoms with Crippen LogP contribution in [0.25, 0.3) is 0 Å². The number of aliphatic hydroxyl groups is 1. The zero-order valence-electron chi connectivity index (χ0n) is 9.53. The Balaban J connectivity index is 2.38. The topological polar surface area (TPSA) is 92.8 Å². The van der Waals surface area contributed by atoms with Crippen LogP contribution in [-0.4, -0.2) is 28.3 Å². The van der Waals surface area contributed by atoms with Crippen LogP contribution in [0.5, 0.6) is 5.88 Å². The van der Waals surface area contributed by atoms with Gasteiger partial charge in [0.15, 0.2) is 11.9 Å². The molecule has 0 radical (unpaired) electrons. The molecule has 0 aliphatic heterocycles. The van der Waals surface area contributed by atoms with Crippen LogP contribution in [0.2, 0.25) is 0 Å². The molecule has 0 amide bonds. The van der Waals surface area contributed by atoms with E-state index in [1.54, 1.807) is 18.2 Å². The van der Waals surface area contributed by atoms with Gasteiger partial charge in [-0.25, -0.2) is 9.78 Å².